The molecule has 0 saturated carbocycles. The van der Waals surface area contributed by atoms with Crippen LogP contribution in [0.2, 0.25) is 0 Å². The molecule has 1 amide bonds. The SMILES string of the molecule is CCCCn1nc(C(=O)N/N=C/c2cccc(OC)c2OC)c2ccccc2c1=O. The number of carbonyl (C=O) groups excluding carboxylic acids is 1. The zero-order valence-corrected chi connectivity index (χ0v) is 17.2. The highest BCUT2D eigenvalue weighted by molar-refractivity contribution is 6.05. The van der Waals surface area contributed by atoms with Gasteiger partial charge in [0.05, 0.1) is 25.8 Å². The number of para-hydroxylation sites is 1. The van der Waals surface area contributed by atoms with Crippen LogP contribution in [-0.4, -0.2) is 36.1 Å². The third kappa shape index (κ3) is 4.32. The average Bonchev–Trinajstić information content (AvgIpc) is 2.78. The Kier molecular flexibility index (Phi) is 6.79. The van der Waals surface area contributed by atoms with E-state index in [9.17, 15) is 9.59 Å². The Bertz CT molecular complexity index is 1140. The first kappa shape index (κ1) is 21.0. The number of hydrogen-bond donors (Lipinski definition) is 1. The van der Waals surface area contributed by atoms with E-state index in [1.165, 1.54) is 18.0 Å². The highest BCUT2D eigenvalue weighted by atomic mass is 16.5. The molecule has 1 aromatic heterocycles. The molecule has 0 atom stereocenters. The van der Waals surface area contributed by atoms with Crippen LogP contribution < -0.4 is 20.5 Å². The number of fused-ring (bicyclic) bond motifs is 1. The predicted molar refractivity (Wildman–Crippen MR) is 116 cm³/mol. The van der Waals surface area contributed by atoms with Gasteiger partial charge in [-0.25, -0.2) is 10.1 Å². The fourth-order valence-electron chi connectivity index (χ4n) is 3.09. The molecule has 8 heteroatoms. The molecule has 0 bridgehead atoms. The number of amides is 1. The Morgan fingerprint density at radius 3 is 2.60 bits per heavy atom. The van der Waals surface area contributed by atoms with Gasteiger partial charge in [0.1, 0.15) is 0 Å². The Morgan fingerprint density at radius 1 is 1.13 bits per heavy atom. The molecule has 0 radical (unpaired) electrons. The molecule has 1 N–H and O–H groups in total. The van der Waals surface area contributed by atoms with Crippen LogP contribution in [0.25, 0.3) is 10.8 Å². The van der Waals surface area contributed by atoms with Crippen LogP contribution in [0.15, 0.2) is 52.4 Å². The summed E-state index contributed by atoms with van der Waals surface area (Å²) < 4.78 is 12.0. The Hall–Kier alpha value is -3.68. The smallest absolute Gasteiger partial charge is 0.292 e. The van der Waals surface area contributed by atoms with Crippen molar-refractivity contribution >= 4 is 22.9 Å². The van der Waals surface area contributed by atoms with E-state index in [0.29, 0.717) is 34.4 Å². The number of methoxy groups -OCH3 is 2. The lowest BCUT2D eigenvalue weighted by Gasteiger charge is -2.10. The molecule has 0 saturated heterocycles. The summed E-state index contributed by atoms with van der Waals surface area (Å²) in [4.78, 5) is 25.5. The number of rotatable bonds is 8. The van der Waals surface area contributed by atoms with Gasteiger partial charge in [0.2, 0.25) is 0 Å². The van der Waals surface area contributed by atoms with E-state index in [4.69, 9.17) is 9.47 Å². The number of benzene rings is 2. The maximum Gasteiger partial charge on any atom is 0.292 e. The predicted octanol–water partition coefficient (Wildman–Crippen LogP) is 2.98. The van der Waals surface area contributed by atoms with Gasteiger partial charge in [-0.15, -0.1) is 0 Å². The molecule has 0 fully saturated rings. The standard InChI is InChI=1S/C22H24N4O4/c1-4-5-13-26-22(28)17-11-7-6-10-16(17)19(25-26)21(27)24-23-14-15-9-8-12-18(29-2)20(15)30-3/h6-12,14H,4-5,13H2,1-3H3,(H,24,27)/b23-14+. The van der Waals surface area contributed by atoms with Crippen LogP contribution >= 0.6 is 0 Å². The molecule has 0 aliphatic rings. The summed E-state index contributed by atoms with van der Waals surface area (Å²) in [5, 5.41) is 9.27. The fourth-order valence-corrected chi connectivity index (χ4v) is 3.09. The molecular formula is C22H24N4O4. The maximum absolute atomic E-state index is 12.8. The maximum atomic E-state index is 12.8. The van der Waals surface area contributed by atoms with Gasteiger partial charge in [-0.2, -0.15) is 10.2 Å². The summed E-state index contributed by atoms with van der Waals surface area (Å²) in [5.74, 6) is 0.563. The zero-order valence-electron chi connectivity index (χ0n) is 17.2. The van der Waals surface area contributed by atoms with Gasteiger partial charge < -0.3 is 9.47 Å². The molecule has 30 heavy (non-hydrogen) atoms. The van der Waals surface area contributed by atoms with Crippen LogP contribution in [0.5, 0.6) is 11.5 Å². The highest BCUT2D eigenvalue weighted by Crippen LogP contribution is 2.29. The number of aryl methyl sites for hydroxylation is 1. The van der Waals surface area contributed by atoms with Gasteiger partial charge in [-0.05, 0) is 24.6 Å². The number of aromatic nitrogens is 2. The summed E-state index contributed by atoms with van der Waals surface area (Å²) in [6.07, 6.45) is 3.17. The number of ether oxygens (including phenoxy) is 2. The van der Waals surface area contributed by atoms with Gasteiger partial charge in [-0.3, -0.25) is 9.59 Å². The second kappa shape index (κ2) is 9.69. The first-order valence-corrected chi connectivity index (χ1v) is 9.65. The van der Waals surface area contributed by atoms with E-state index in [1.807, 2.05) is 6.92 Å². The summed E-state index contributed by atoms with van der Waals surface area (Å²) in [6.45, 7) is 2.48. The van der Waals surface area contributed by atoms with E-state index in [-0.39, 0.29) is 11.3 Å². The first-order chi connectivity index (χ1) is 14.6. The van der Waals surface area contributed by atoms with E-state index in [0.717, 1.165) is 12.8 Å². The number of carbonyl (C=O) groups is 1. The van der Waals surface area contributed by atoms with Crippen molar-refractivity contribution in [2.45, 2.75) is 26.3 Å². The van der Waals surface area contributed by atoms with Crippen molar-refractivity contribution in [2.24, 2.45) is 5.10 Å². The number of nitrogens with one attached hydrogen (secondary N) is 1. The third-order valence-corrected chi connectivity index (χ3v) is 4.61. The average molecular weight is 408 g/mol. The second-order valence-electron chi connectivity index (χ2n) is 6.56. The van der Waals surface area contributed by atoms with Crippen molar-refractivity contribution in [1.29, 1.82) is 0 Å². The van der Waals surface area contributed by atoms with Crippen molar-refractivity contribution in [3.63, 3.8) is 0 Å². The Labute approximate surface area is 174 Å². The molecule has 1 heterocycles. The normalized spacial score (nSPS) is 11.0. The van der Waals surface area contributed by atoms with Gasteiger partial charge >= 0.3 is 0 Å². The molecule has 0 aliphatic heterocycles. The second-order valence-corrected chi connectivity index (χ2v) is 6.56. The topological polar surface area (TPSA) is 94.8 Å². The lowest BCUT2D eigenvalue weighted by molar-refractivity contribution is 0.0949. The molecule has 156 valence electrons. The molecule has 3 aromatic rings. The summed E-state index contributed by atoms with van der Waals surface area (Å²) in [5.41, 5.74) is 3.07. The number of nitrogens with zero attached hydrogens (tertiary/aromatic N) is 3. The van der Waals surface area contributed by atoms with Gasteiger partial charge in [0.15, 0.2) is 17.2 Å². The largest absolute Gasteiger partial charge is 0.493 e. The minimum absolute atomic E-state index is 0.149. The monoisotopic (exact) mass is 408 g/mol. The number of hydrogen-bond acceptors (Lipinski definition) is 6. The molecular weight excluding hydrogens is 384 g/mol. The Morgan fingerprint density at radius 2 is 1.90 bits per heavy atom. The summed E-state index contributed by atoms with van der Waals surface area (Å²) >= 11 is 0. The number of hydrazone groups is 1. The van der Waals surface area contributed by atoms with Crippen molar-refractivity contribution in [1.82, 2.24) is 15.2 Å². The Balaban J connectivity index is 1.91. The van der Waals surface area contributed by atoms with Crippen molar-refractivity contribution in [2.75, 3.05) is 14.2 Å². The van der Waals surface area contributed by atoms with Crippen molar-refractivity contribution < 1.29 is 14.3 Å². The molecule has 3 rings (SSSR count). The van der Waals surface area contributed by atoms with Crippen LogP contribution in [0.1, 0.15) is 35.8 Å². The molecule has 0 spiro atoms. The van der Waals surface area contributed by atoms with Crippen molar-refractivity contribution in [3.8, 4) is 11.5 Å². The minimum Gasteiger partial charge on any atom is -0.493 e. The van der Waals surface area contributed by atoms with Crippen molar-refractivity contribution in [3.05, 3.63) is 64.1 Å². The van der Waals surface area contributed by atoms with E-state index >= 15 is 0 Å². The molecule has 2 aromatic carbocycles. The van der Waals surface area contributed by atoms with Gasteiger partial charge in [-0.1, -0.05) is 37.6 Å². The van der Waals surface area contributed by atoms with E-state index in [1.54, 1.807) is 49.6 Å². The zero-order chi connectivity index (χ0) is 21.5. The minimum atomic E-state index is -0.505. The summed E-state index contributed by atoms with van der Waals surface area (Å²) in [7, 11) is 3.08. The van der Waals surface area contributed by atoms with Crippen LogP contribution in [0.3, 0.4) is 0 Å². The number of unbranched alkanes of at least 4 members (excludes halogenated alkanes) is 1. The third-order valence-electron chi connectivity index (χ3n) is 4.61. The highest BCUT2D eigenvalue weighted by Gasteiger charge is 2.16. The molecule has 0 aliphatic carbocycles. The summed E-state index contributed by atoms with van der Waals surface area (Å²) in [6, 6.07) is 12.3. The lowest BCUT2D eigenvalue weighted by atomic mass is 10.1. The molecule has 8 nitrogen and oxygen atoms in total. The van der Waals surface area contributed by atoms with E-state index < -0.39 is 5.91 Å². The fraction of sp³-hybridized carbons (Fsp3) is 0.273. The first-order valence-electron chi connectivity index (χ1n) is 9.65. The lowest BCUT2D eigenvalue weighted by Crippen LogP contribution is -2.29. The van der Waals surface area contributed by atoms with Gasteiger partial charge in [0, 0.05) is 17.5 Å². The van der Waals surface area contributed by atoms with Crippen LogP contribution in [-0.2, 0) is 6.54 Å². The van der Waals surface area contributed by atoms with Gasteiger partial charge in [0.25, 0.3) is 11.5 Å². The molecule has 0 unspecified atom stereocenters. The van der Waals surface area contributed by atoms with Crippen LogP contribution in [0, 0.1) is 0 Å². The quantitative estimate of drug-likeness (QED) is 0.457. The van der Waals surface area contributed by atoms with E-state index in [2.05, 4.69) is 15.6 Å². The van der Waals surface area contributed by atoms with Crippen LogP contribution in [0.4, 0.5) is 0 Å².